The lowest BCUT2D eigenvalue weighted by Gasteiger charge is -2.29. The van der Waals surface area contributed by atoms with Gasteiger partial charge in [0.15, 0.2) is 0 Å². The van der Waals surface area contributed by atoms with Crippen molar-refractivity contribution in [2.75, 3.05) is 6.54 Å². The highest BCUT2D eigenvalue weighted by molar-refractivity contribution is 7.13. The van der Waals surface area contributed by atoms with E-state index in [1.165, 1.54) is 4.90 Å². The lowest BCUT2D eigenvalue weighted by Crippen LogP contribution is -2.49. The van der Waals surface area contributed by atoms with Crippen LogP contribution < -0.4 is 10.1 Å². The molecule has 2 amide bonds. The first-order chi connectivity index (χ1) is 14.6. The predicted molar refractivity (Wildman–Crippen MR) is 116 cm³/mol. The van der Waals surface area contributed by atoms with Crippen molar-refractivity contribution in [1.82, 2.24) is 15.2 Å². The van der Waals surface area contributed by atoms with E-state index in [-0.39, 0.29) is 18.9 Å². The second kappa shape index (κ2) is 8.12. The average molecular weight is 446 g/mol. The van der Waals surface area contributed by atoms with Gasteiger partial charge in [-0.1, -0.05) is 6.07 Å². The molecule has 1 saturated heterocycles. The number of likely N-dealkylation sites (tertiary alicyclic amines) is 1. The fourth-order valence-electron chi connectivity index (χ4n) is 3.77. The zero-order valence-electron chi connectivity index (χ0n) is 18.0. The molecule has 9 heteroatoms. The quantitative estimate of drug-likeness (QED) is 0.752. The van der Waals surface area contributed by atoms with Gasteiger partial charge in [-0.15, -0.1) is 11.3 Å². The van der Waals surface area contributed by atoms with Crippen LogP contribution in [0.15, 0.2) is 23.7 Å². The van der Waals surface area contributed by atoms with E-state index in [9.17, 15) is 14.7 Å². The highest BCUT2D eigenvalue weighted by Gasteiger charge is 2.38. The lowest BCUT2D eigenvalue weighted by atomic mass is 9.97. The van der Waals surface area contributed by atoms with Gasteiger partial charge in [0.05, 0.1) is 34.6 Å². The summed E-state index contributed by atoms with van der Waals surface area (Å²) in [5.41, 5.74) is 3.87. The summed E-state index contributed by atoms with van der Waals surface area (Å²) in [6.07, 6.45) is -1.61. The van der Waals surface area contributed by atoms with Crippen molar-refractivity contribution in [1.29, 1.82) is 0 Å². The molecule has 1 aromatic heterocycles. The first-order valence-electron chi connectivity index (χ1n) is 10.3. The molecule has 0 spiro atoms. The first kappa shape index (κ1) is 21.6. The van der Waals surface area contributed by atoms with Gasteiger partial charge in [-0.2, -0.15) is 0 Å². The molecule has 2 N–H and O–H groups in total. The van der Waals surface area contributed by atoms with Crippen molar-refractivity contribution in [2.24, 2.45) is 0 Å². The third kappa shape index (κ3) is 4.52. The number of aliphatic hydroxyl groups is 1. The minimum absolute atomic E-state index is 0.123. The molecule has 8 nitrogen and oxygen atoms in total. The maximum Gasteiger partial charge on any atom is 0.412 e. The number of nitrogens with zero attached hydrogens (tertiary/aromatic N) is 2. The van der Waals surface area contributed by atoms with Crippen LogP contribution in [-0.4, -0.2) is 51.4 Å². The van der Waals surface area contributed by atoms with Crippen LogP contribution >= 0.6 is 11.3 Å². The second-order valence-electron chi connectivity index (χ2n) is 8.94. The summed E-state index contributed by atoms with van der Waals surface area (Å²) in [6, 6.07) is 5.75. The zero-order valence-corrected chi connectivity index (χ0v) is 18.9. The number of ether oxygens (including phenoxy) is 2. The van der Waals surface area contributed by atoms with Crippen LogP contribution in [0.2, 0.25) is 0 Å². The fourth-order valence-corrected chi connectivity index (χ4v) is 4.59. The SMILES string of the molecule is CC(C(=O)N[C@@H]1C[C@@H](O)CN1C(=O)OC(C)(C)C)c1ccc2c(c1)OCc1ncsc1-2. The third-order valence-corrected chi connectivity index (χ3v) is 6.27. The number of amides is 2. The Bertz CT molecular complexity index is 999. The zero-order chi connectivity index (χ0) is 22.3. The molecule has 31 heavy (non-hydrogen) atoms. The van der Waals surface area contributed by atoms with Gasteiger partial charge < -0.3 is 19.9 Å². The number of carbonyl (C=O) groups excluding carboxylic acids is 2. The maximum absolute atomic E-state index is 13.0. The van der Waals surface area contributed by atoms with Gasteiger partial charge in [-0.3, -0.25) is 9.69 Å². The van der Waals surface area contributed by atoms with Crippen molar-refractivity contribution in [3.05, 3.63) is 35.0 Å². The number of carbonyl (C=O) groups is 2. The molecule has 3 heterocycles. The highest BCUT2D eigenvalue weighted by Crippen LogP contribution is 2.41. The monoisotopic (exact) mass is 445 g/mol. The number of hydrogen-bond donors (Lipinski definition) is 2. The summed E-state index contributed by atoms with van der Waals surface area (Å²) in [5.74, 6) is 0.0393. The van der Waals surface area contributed by atoms with Crippen LogP contribution in [0.1, 0.15) is 51.3 Å². The Morgan fingerprint density at radius 1 is 1.39 bits per heavy atom. The van der Waals surface area contributed by atoms with Crippen LogP contribution in [0.5, 0.6) is 5.75 Å². The van der Waals surface area contributed by atoms with E-state index in [0.717, 1.165) is 27.4 Å². The molecule has 2 aromatic rings. The van der Waals surface area contributed by atoms with Crippen LogP contribution in [0.3, 0.4) is 0 Å². The highest BCUT2D eigenvalue weighted by atomic mass is 32.1. The van der Waals surface area contributed by atoms with Crippen molar-refractivity contribution in [3.8, 4) is 16.2 Å². The summed E-state index contributed by atoms with van der Waals surface area (Å²) in [6.45, 7) is 7.68. The predicted octanol–water partition coefficient (Wildman–Crippen LogP) is 3.25. The number of hydrogen-bond acceptors (Lipinski definition) is 7. The van der Waals surface area contributed by atoms with Gasteiger partial charge in [0.2, 0.25) is 5.91 Å². The molecule has 2 aliphatic rings. The number of aliphatic hydroxyl groups excluding tert-OH is 1. The Morgan fingerprint density at radius 3 is 2.90 bits per heavy atom. The van der Waals surface area contributed by atoms with Crippen molar-refractivity contribution >= 4 is 23.3 Å². The Kier molecular flexibility index (Phi) is 5.65. The van der Waals surface area contributed by atoms with Gasteiger partial charge in [0.25, 0.3) is 0 Å². The van der Waals surface area contributed by atoms with Crippen molar-refractivity contribution in [2.45, 2.75) is 64.5 Å². The van der Waals surface area contributed by atoms with Gasteiger partial charge in [0, 0.05) is 12.0 Å². The van der Waals surface area contributed by atoms with E-state index >= 15 is 0 Å². The number of fused-ring (bicyclic) bond motifs is 3. The Balaban J connectivity index is 1.47. The molecule has 0 radical (unpaired) electrons. The minimum Gasteiger partial charge on any atom is -0.487 e. The van der Waals surface area contributed by atoms with Crippen LogP contribution in [0.25, 0.3) is 10.4 Å². The van der Waals surface area contributed by atoms with Gasteiger partial charge in [0.1, 0.15) is 24.1 Å². The van der Waals surface area contributed by atoms with E-state index in [1.807, 2.05) is 18.2 Å². The van der Waals surface area contributed by atoms with Crippen LogP contribution in [0.4, 0.5) is 4.79 Å². The molecule has 2 aliphatic heterocycles. The number of benzene rings is 1. The molecule has 166 valence electrons. The van der Waals surface area contributed by atoms with Crippen LogP contribution in [-0.2, 0) is 16.1 Å². The van der Waals surface area contributed by atoms with Gasteiger partial charge >= 0.3 is 6.09 Å². The number of rotatable bonds is 3. The second-order valence-corrected chi connectivity index (χ2v) is 9.80. The molecule has 1 unspecified atom stereocenters. The molecule has 0 aliphatic carbocycles. The van der Waals surface area contributed by atoms with E-state index in [1.54, 1.807) is 44.5 Å². The number of nitrogens with one attached hydrogen (secondary N) is 1. The minimum atomic E-state index is -0.709. The molecular formula is C22H27N3O5S. The largest absolute Gasteiger partial charge is 0.487 e. The smallest absolute Gasteiger partial charge is 0.412 e. The summed E-state index contributed by atoms with van der Waals surface area (Å²) in [4.78, 5) is 32.2. The Labute approximate surface area is 185 Å². The normalized spacial score (nSPS) is 21.0. The summed E-state index contributed by atoms with van der Waals surface area (Å²) in [5, 5.41) is 13.0. The Hall–Kier alpha value is -2.65. The Morgan fingerprint density at radius 2 is 2.16 bits per heavy atom. The summed E-state index contributed by atoms with van der Waals surface area (Å²) < 4.78 is 11.2. The molecular weight excluding hydrogens is 418 g/mol. The molecule has 1 fully saturated rings. The average Bonchev–Trinajstić information content (AvgIpc) is 3.32. The maximum atomic E-state index is 13.0. The van der Waals surface area contributed by atoms with Gasteiger partial charge in [-0.25, -0.2) is 9.78 Å². The van der Waals surface area contributed by atoms with E-state index < -0.39 is 29.9 Å². The third-order valence-electron chi connectivity index (χ3n) is 5.37. The molecule has 3 atom stereocenters. The van der Waals surface area contributed by atoms with Crippen molar-refractivity contribution < 1.29 is 24.2 Å². The fraction of sp³-hybridized carbons (Fsp3) is 0.500. The summed E-state index contributed by atoms with van der Waals surface area (Å²) in [7, 11) is 0. The lowest BCUT2D eigenvalue weighted by molar-refractivity contribution is -0.123. The molecule has 0 bridgehead atoms. The summed E-state index contributed by atoms with van der Waals surface area (Å²) >= 11 is 1.57. The van der Waals surface area contributed by atoms with Gasteiger partial charge in [-0.05, 0) is 45.4 Å². The molecule has 1 aromatic carbocycles. The number of thiazole rings is 1. The molecule has 4 rings (SSSR count). The standard InChI is InChI=1S/C22H27N3O5S/c1-12(13-5-6-15-17(7-13)29-10-16-19(15)31-11-23-16)20(27)24-18-8-14(26)9-25(18)21(28)30-22(2,3)4/h5-7,11-12,14,18,26H,8-10H2,1-4H3,(H,24,27)/t12?,14-,18+/m1/s1. The van der Waals surface area contributed by atoms with E-state index in [2.05, 4.69) is 10.3 Å². The van der Waals surface area contributed by atoms with E-state index in [4.69, 9.17) is 9.47 Å². The molecule has 0 saturated carbocycles. The number of β-amino-alcohol motifs (C(OH)–C–C–N with tert-alkyl or cyclic N) is 1. The topological polar surface area (TPSA) is 101 Å². The number of aromatic nitrogens is 1. The van der Waals surface area contributed by atoms with E-state index in [0.29, 0.717) is 6.61 Å². The first-order valence-corrected chi connectivity index (χ1v) is 11.2. The van der Waals surface area contributed by atoms with Crippen molar-refractivity contribution in [3.63, 3.8) is 0 Å². The van der Waals surface area contributed by atoms with Crippen LogP contribution in [0, 0.1) is 0 Å².